The lowest BCUT2D eigenvalue weighted by atomic mass is 9.87. The highest BCUT2D eigenvalue weighted by molar-refractivity contribution is 6.44. The van der Waals surface area contributed by atoms with E-state index in [1.54, 1.807) is 0 Å². The largest absolute Gasteiger partial charge is 0.385 e. The number of hydrogen-bond acceptors (Lipinski definition) is 3. The molecule has 3 N–H and O–H groups in total. The molecular formula is C26H36FN3O. The minimum absolute atomic E-state index is 0.149. The lowest BCUT2D eigenvalue weighted by Crippen LogP contribution is -2.44. The Labute approximate surface area is 185 Å². The molecule has 0 aromatic heterocycles. The highest BCUT2D eigenvalue weighted by Gasteiger charge is 2.30. The van der Waals surface area contributed by atoms with Crippen LogP contribution < -0.4 is 10.6 Å². The summed E-state index contributed by atoms with van der Waals surface area (Å²) in [5.74, 6) is -0.192. The molecule has 0 radical (unpaired) electrons. The number of benzene rings is 1. The zero-order valence-electron chi connectivity index (χ0n) is 18.5. The number of amides is 1. The monoisotopic (exact) mass is 425 g/mol. The van der Waals surface area contributed by atoms with Crippen molar-refractivity contribution >= 4 is 11.6 Å². The Balaban J connectivity index is 1.60. The molecule has 1 aromatic rings. The molecule has 3 aliphatic rings. The number of halogens is 1. The standard InChI is InChI=1S/C26H36FN3O/c27-20-15-13-18(14-16-20)17-19-7-4-5-12-23(24(28)26(31)30-22-10-6-11-22)25(19)29-21-8-2-1-3-9-21/h13-16,19,21-22,28-29H,1-12,17H2,(H,30,31). The van der Waals surface area contributed by atoms with Gasteiger partial charge in [0.2, 0.25) is 0 Å². The van der Waals surface area contributed by atoms with E-state index in [1.807, 2.05) is 12.1 Å². The van der Waals surface area contributed by atoms with Crippen molar-refractivity contribution in [1.29, 1.82) is 5.41 Å². The van der Waals surface area contributed by atoms with Crippen LogP contribution in [0.4, 0.5) is 4.39 Å². The number of hydrogen-bond donors (Lipinski definition) is 3. The summed E-state index contributed by atoms with van der Waals surface area (Å²) in [4.78, 5) is 12.9. The van der Waals surface area contributed by atoms with Crippen LogP contribution in [0.1, 0.15) is 82.6 Å². The van der Waals surface area contributed by atoms with Crippen molar-refractivity contribution in [2.75, 3.05) is 0 Å². The molecule has 1 aromatic carbocycles. The number of carbonyl (C=O) groups is 1. The van der Waals surface area contributed by atoms with Crippen molar-refractivity contribution in [2.45, 2.75) is 95.6 Å². The van der Waals surface area contributed by atoms with Crippen molar-refractivity contribution in [3.8, 4) is 0 Å². The molecule has 2 fully saturated rings. The fraction of sp³-hybridized carbons (Fsp3) is 0.615. The Morgan fingerprint density at radius 2 is 1.58 bits per heavy atom. The molecule has 0 saturated heterocycles. The van der Waals surface area contributed by atoms with Crippen molar-refractivity contribution < 1.29 is 9.18 Å². The van der Waals surface area contributed by atoms with Crippen molar-refractivity contribution in [3.05, 3.63) is 46.9 Å². The van der Waals surface area contributed by atoms with Crippen molar-refractivity contribution in [1.82, 2.24) is 10.6 Å². The van der Waals surface area contributed by atoms with Crippen LogP contribution in [0.3, 0.4) is 0 Å². The van der Waals surface area contributed by atoms with Gasteiger partial charge in [-0.1, -0.05) is 37.8 Å². The van der Waals surface area contributed by atoms with Crippen LogP contribution in [0.15, 0.2) is 35.5 Å². The van der Waals surface area contributed by atoms with Gasteiger partial charge in [0.05, 0.1) is 0 Å². The topological polar surface area (TPSA) is 65.0 Å². The Bertz CT molecular complexity index is 806. The van der Waals surface area contributed by atoms with Gasteiger partial charge in [0.15, 0.2) is 0 Å². The normalized spacial score (nSPS) is 23.1. The SMILES string of the molecule is N=C(C(=O)NC1CCC1)C1=C(NC2CCCCC2)C(Cc2ccc(F)cc2)CCCC1. The quantitative estimate of drug-likeness (QED) is 0.511. The van der Waals surface area contributed by atoms with Crippen molar-refractivity contribution in [3.63, 3.8) is 0 Å². The minimum Gasteiger partial charge on any atom is -0.385 e. The Morgan fingerprint density at radius 3 is 2.26 bits per heavy atom. The average molecular weight is 426 g/mol. The van der Waals surface area contributed by atoms with Gasteiger partial charge < -0.3 is 10.6 Å². The average Bonchev–Trinajstić information content (AvgIpc) is 2.95. The summed E-state index contributed by atoms with van der Waals surface area (Å²) < 4.78 is 13.4. The van der Waals surface area contributed by atoms with Gasteiger partial charge in [-0.15, -0.1) is 0 Å². The molecule has 5 heteroatoms. The first kappa shape index (κ1) is 22.0. The van der Waals surface area contributed by atoms with Crippen LogP contribution in [0.25, 0.3) is 0 Å². The molecular weight excluding hydrogens is 389 g/mol. The second kappa shape index (κ2) is 10.4. The summed E-state index contributed by atoms with van der Waals surface area (Å²) >= 11 is 0. The zero-order valence-corrected chi connectivity index (χ0v) is 18.5. The van der Waals surface area contributed by atoms with Gasteiger partial charge in [0.25, 0.3) is 5.91 Å². The van der Waals surface area contributed by atoms with Gasteiger partial charge in [-0.25, -0.2) is 4.39 Å². The van der Waals surface area contributed by atoms with E-state index in [1.165, 1.54) is 31.4 Å². The van der Waals surface area contributed by atoms with E-state index in [0.717, 1.165) is 81.0 Å². The third-order valence-electron chi connectivity index (χ3n) is 7.29. The minimum atomic E-state index is -0.218. The van der Waals surface area contributed by atoms with Crippen molar-refractivity contribution in [2.24, 2.45) is 5.92 Å². The number of allylic oxidation sites excluding steroid dienone is 1. The molecule has 4 rings (SSSR count). The predicted molar refractivity (Wildman–Crippen MR) is 123 cm³/mol. The number of rotatable bonds is 7. The fourth-order valence-electron chi connectivity index (χ4n) is 5.21. The molecule has 1 unspecified atom stereocenters. The fourth-order valence-corrected chi connectivity index (χ4v) is 5.21. The van der Waals surface area contributed by atoms with Gasteiger partial charge in [0, 0.05) is 29.3 Å². The lowest BCUT2D eigenvalue weighted by Gasteiger charge is -2.31. The van der Waals surface area contributed by atoms with E-state index in [-0.39, 0.29) is 29.4 Å². The van der Waals surface area contributed by atoms with Crippen LogP contribution in [-0.2, 0) is 11.2 Å². The van der Waals surface area contributed by atoms with Gasteiger partial charge in [-0.3, -0.25) is 10.2 Å². The molecule has 0 bridgehead atoms. The number of nitrogens with one attached hydrogen (secondary N) is 3. The molecule has 168 valence electrons. The summed E-state index contributed by atoms with van der Waals surface area (Å²) in [5, 5.41) is 15.7. The highest BCUT2D eigenvalue weighted by atomic mass is 19.1. The van der Waals surface area contributed by atoms with Gasteiger partial charge in [-0.05, 0) is 75.5 Å². The Kier molecular flexibility index (Phi) is 7.41. The Morgan fingerprint density at radius 1 is 0.903 bits per heavy atom. The third kappa shape index (κ3) is 5.75. The predicted octanol–water partition coefficient (Wildman–Crippen LogP) is 5.42. The van der Waals surface area contributed by atoms with Gasteiger partial charge in [-0.2, -0.15) is 0 Å². The maximum atomic E-state index is 13.4. The number of carbonyl (C=O) groups excluding carboxylic acids is 1. The summed E-state index contributed by atoms with van der Waals surface area (Å²) in [5.41, 5.74) is 3.28. The van der Waals surface area contributed by atoms with E-state index in [0.29, 0.717) is 6.04 Å². The zero-order chi connectivity index (χ0) is 21.6. The maximum absolute atomic E-state index is 13.4. The van der Waals surface area contributed by atoms with Crippen LogP contribution in [0, 0.1) is 17.1 Å². The summed E-state index contributed by atoms with van der Waals surface area (Å²) in [6.45, 7) is 0. The molecule has 0 heterocycles. The first-order valence-electron chi connectivity index (χ1n) is 12.2. The summed E-state index contributed by atoms with van der Waals surface area (Å²) in [6.07, 6.45) is 14.0. The highest BCUT2D eigenvalue weighted by Crippen LogP contribution is 2.33. The second-order valence-corrected chi connectivity index (χ2v) is 9.62. The van der Waals surface area contributed by atoms with Crippen LogP contribution in [-0.4, -0.2) is 23.7 Å². The van der Waals surface area contributed by atoms with E-state index in [2.05, 4.69) is 10.6 Å². The Hall–Kier alpha value is -2.17. The lowest BCUT2D eigenvalue weighted by molar-refractivity contribution is -0.116. The van der Waals surface area contributed by atoms with E-state index >= 15 is 0 Å². The van der Waals surface area contributed by atoms with E-state index < -0.39 is 0 Å². The second-order valence-electron chi connectivity index (χ2n) is 9.62. The van der Waals surface area contributed by atoms with E-state index in [4.69, 9.17) is 5.41 Å². The molecule has 0 aliphatic heterocycles. The molecule has 0 spiro atoms. The summed E-state index contributed by atoms with van der Waals surface area (Å²) in [6, 6.07) is 7.45. The molecule has 1 amide bonds. The maximum Gasteiger partial charge on any atom is 0.269 e. The van der Waals surface area contributed by atoms with Crippen LogP contribution >= 0.6 is 0 Å². The molecule has 2 saturated carbocycles. The first-order valence-corrected chi connectivity index (χ1v) is 12.2. The van der Waals surface area contributed by atoms with E-state index in [9.17, 15) is 9.18 Å². The smallest absolute Gasteiger partial charge is 0.269 e. The van der Waals surface area contributed by atoms with Crippen LogP contribution in [0.2, 0.25) is 0 Å². The molecule has 31 heavy (non-hydrogen) atoms. The van der Waals surface area contributed by atoms with Gasteiger partial charge >= 0.3 is 0 Å². The van der Waals surface area contributed by atoms with Crippen LogP contribution in [0.5, 0.6) is 0 Å². The first-order chi connectivity index (χ1) is 15.1. The summed E-state index contributed by atoms with van der Waals surface area (Å²) in [7, 11) is 0. The van der Waals surface area contributed by atoms with Gasteiger partial charge in [0.1, 0.15) is 11.5 Å². The third-order valence-corrected chi connectivity index (χ3v) is 7.29. The molecule has 3 aliphatic carbocycles. The molecule has 1 atom stereocenters. The molecule has 4 nitrogen and oxygen atoms in total.